The first kappa shape index (κ1) is 20.6. The molecule has 1 aromatic heterocycles. The van der Waals surface area contributed by atoms with Crippen LogP contribution in [-0.2, 0) is 24.7 Å². The van der Waals surface area contributed by atoms with Crippen LogP contribution in [0.4, 0.5) is 0 Å². The molecule has 3 heterocycles. The van der Waals surface area contributed by atoms with E-state index in [4.69, 9.17) is 0 Å². The highest BCUT2D eigenvalue weighted by molar-refractivity contribution is 7.91. The van der Waals surface area contributed by atoms with Gasteiger partial charge in [-0.3, -0.25) is 4.79 Å². The summed E-state index contributed by atoms with van der Waals surface area (Å²) in [4.78, 5) is 14.5. The minimum Gasteiger partial charge on any atom is -0.341 e. The molecule has 9 nitrogen and oxygen atoms in total. The molecule has 0 N–H and O–H groups in total. The van der Waals surface area contributed by atoms with Gasteiger partial charge in [0, 0.05) is 32.1 Å². The Bertz CT molecular complexity index is 1140. The average Bonchev–Trinajstić information content (AvgIpc) is 3.32. The van der Waals surface area contributed by atoms with E-state index in [-0.39, 0.29) is 47.4 Å². The first-order valence-corrected chi connectivity index (χ1v) is 13.4. The summed E-state index contributed by atoms with van der Waals surface area (Å²) in [6, 6.07) is 4.62. The van der Waals surface area contributed by atoms with Crippen LogP contribution in [0.3, 0.4) is 0 Å². The highest BCUT2D eigenvalue weighted by atomic mass is 32.2. The fourth-order valence-corrected chi connectivity index (χ4v) is 8.02. The van der Waals surface area contributed by atoms with Crippen LogP contribution in [0.1, 0.15) is 19.3 Å². The predicted molar refractivity (Wildman–Crippen MR) is 109 cm³/mol. The van der Waals surface area contributed by atoms with Crippen molar-refractivity contribution in [2.45, 2.75) is 30.2 Å². The van der Waals surface area contributed by atoms with Crippen molar-refractivity contribution in [1.29, 1.82) is 0 Å². The molecule has 0 spiro atoms. The number of nitrogens with zero attached hydrogens (tertiary/aromatic N) is 4. The Morgan fingerprint density at radius 1 is 1.21 bits per heavy atom. The van der Waals surface area contributed by atoms with Crippen LogP contribution in [0, 0.1) is 5.92 Å². The minimum absolute atomic E-state index is 0.00808. The van der Waals surface area contributed by atoms with Crippen molar-refractivity contribution < 1.29 is 21.6 Å². The molecule has 2 saturated heterocycles. The van der Waals surface area contributed by atoms with Crippen molar-refractivity contribution in [2.24, 2.45) is 5.92 Å². The lowest BCUT2D eigenvalue weighted by Crippen LogP contribution is -2.46. The molecule has 1 atom stereocenters. The molecule has 2 aromatic rings. The van der Waals surface area contributed by atoms with Gasteiger partial charge in [-0.2, -0.15) is 13.1 Å². The quantitative estimate of drug-likeness (QED) is 0.663. The molecule has 158 valence electrons. The standard InChI is InChI=1S/C17H22N4O5S3/c1-20(13-7-10-28(23,24)11-13)17(22)12-5-8-21(9-6-12)29(25,26)15-4-2-3-14-16(15)19-27-18-14/h2-4,12-13H,5-11H2,1H3/t13-/m0/s1. The highest BCUT2D eigenvalue weighted by Gasteiger charge is 2.38. The molecule has 0 aliphatic carbocycles. The molecule has 12 heteroatoms. The lowest BCUT2D eigenvalue weighted by Gasteiger charge is -2.34. The zero-order valence-electron chi connectivity index (χ0n) is 15.9. The summed E-state index contributed by atoms with van der Waals surface area (Å²) < 4.78 is 59.2. The van der Waals surface area contributed by atoms with Gasteiger partial charge in [0.15, 0.2) is 9.84 Å². The summed E-state index contributed by atoms with van der Waals surface area (Å²) in [5.41, 5.74) is 0.923. The van der Waals surface area contributed by atoms with Crippen LogP contribution in [0.2, 0.25) is 0 Å². The van der Waals surface area contributed by atoms with Crippen LogP contribution < -0.4 is 0 Å². The molecule has 0 saturated carbocycles. The number of benzene rings is 1. The summed E-state index contributed by atoms with van der Waals surface area (Å²) in [5.74, 6) is -0.279. The van der Waals surface area contributed by atoms with Gasteiger partial charge in [0.1, 0.15) is 15.9 Å². The molecule has 4 rings (SSSR count). The fourth-order valence-electron chi connectivity index (χ4n) is 4.02. The predicted octanol–water partition coefficient (Wildman–Crippen LogP) is 0.738. The third kappa shape index (κ3) is 3.90. The van der Waals surface area contributed by atoms with Crippen molar-refractivity contribution in [2.75, 3.05) is 31.6 Å². The summed E-state index contributed by atoms with van der Waals surface area (Å²) >= 11 is 0.973. The first-order valence-electron chi connectivity index (χ1n) is 9.37. The molecular formula is C17H22N4O5S3. The van der Waals surface area contributed by atoms with E-state index in [9.17, 15) is 21.6 Å². The number of rotatable bonds is 4. The molecule has 29 heavy (non-hydrogen) atoms. The van der Waals surface area contributed by atoms with Gasteiger partial charge in [0.2, 0.25) is 15.9 Å². The Morgan fingerprint density at radius 2 is 1.93 bits per heavy atom. The third-order valence-corrected chi connectivity index (χ3v) is 10.00. The Labute approximate surface area is 174 Å². The van der Waals surface area contributed by atoms with E-state index >= 15 is 0 Å². The van der Waals surface area contributed by atoms with Crippen molar-refractivity contribution in [3.8, 4) is 0 Å². The molecule has 1 aromatic carbocycles. The maximum absolute atomic E-state index is 13.1. The third-order valence-electron chi connectivity index (χ3n) is 5.77. The van der Waals surface area contributed by atoms with E-state index in [1.165, 1.54) is 10.4 Å². The number of hydrogen-bond donors (Lipinski definition) is 0. The van der Waals surface area contributed by atoms with Gasteiger partial charge >= 0.3 is 0 Å². The Morgan fingerprint density at radius 3 is 2.59 bits per heavy atom. The van der Waals surface area contributed by atoms with Crippen molar-refractivity contribution >= 4 is 48.5 Å². The molecule has 2 fully saturated rings. The number of fused-ring (bicyclic) bond motifs is 1. The van der Waals surface area contributed by atoms with Gasteiger partial charge in [0.05, 0.1) is 23.2 Å². The molecule has 0 radical (unpaired) electrons. The molecular weight excluding hydrogens is 436 g/mol. The highest BCUT2D eigenvalue weighted by Crippen LogP contribution is 2.29. The number of hydrogen-bond acceptors (Lipinski definition) is 8. The number of sulfonamides is 1. The van der Waals surface area contributed by atoms with Gasteiger partial charge in [-0.15, -0.1) is 0 Å². The first-order chi connectivity index (χ1) is 13.7. The molecule has 2 aliphatic rings. The number of aromatic nitrogens is 2. The second-order valence-corrected chi connectivity index (χ2v) is 12.2. The zero-order chi connectivity index (χ0) is 20.8. The van der Waals surface area contributed by atoms with Crippen molar-refractivity contribution in [3.63, 3.8) is 0 Å². The van der Waals surface area contributed by atoms with Gasteiger partial charge in [-0.25, -0.2) is 16.8 Å². The topological polar surface area (TPSA) is 118 Å². The maximum atomic E-state index is 13.1. The molecule has 0 bridgehead atoms. The van der Waals surface area contributed by atoms with Crippen LogP contribution in [0.25, 0.3) is 11.0 Å². The number of piperidine rings is 1. The lowest BCUT2D eigenvalue weighted by atomic mass is 9.96. The SMILES string of the molecule is CN(C(=O)C1CCN(S(=O)(=O)c2cccc3nsnc23)CC1)[C@H]1CCS(=O)(=O)C1. The zero-order valence-corrected chi connectivity index (χ0v) is 18.3. The van der Waals surface area contributed by atoms with Gasteiger partial charge in [-0.1, -0.05) is 6.07 Å². The number of amides is 1. The Kier molecular flexibility index (Phi) is 5.38. The normalized spacial score (nSPS) is 23.4. The van der Waals surface area contributed by atoms with Gasteiger partial charge in [0.25, 0.3) is 0 Å². The van der Waals surface area contributed by atoms with Crippen molar-refractivity contribution in [3.05, 3.63) is 18.2 Å². The van der Waals surface area contributed by atoms with E-state index in [1.807, 2.05) is 0 Å². The van der Waals surface area contributed by atoms with E-state index in [0.29, 0.717) is 30.3 Å². The second-order valence-electron chi connectivity index (χ2n) is 7.57. The van der Waals surface area contributed by atoms with Gasteiger partial charge < -0.3 is 4.90 Å². The monoisotopic (exact) mass is 458 g/mol. The fraction of sp³-hybridized carbons (Fsp3) is 0.588. The maximum Gasteiger partial charge on any atom is 0.245 e. The largest absolute Gasteiger partial charge is 0.341 e. The van der Waals surface area contributed by atoms with E-state index in [2.05, 4.69) is 8.75 Å². The van der Waals surface area contributed by atoms with E-state index in [1.54, 1.807) is 24.1 Å². The van der Waals surface area contributed by atoms with E-state index < -0.39 is 19.9 Å². The number of sulfone groups is 1. The number of carbonyl (C=O) groups excluding carboxylic acids is 1. The minimum atomic E-state index is -3.73. The van der Waals surface area contributed by atoms with Crippen LogP contribution >= 0.6 is 11.7 Å². The second kappa shape index (κ2) is 7.56. The number of carbonyl (C=O) groups is 1. The Balaban J connectivity index is 1.44. The van der Waals surface area contributed by atoms with Crippen LogP contribution in [0.15, 0.2) is 23.1 Å². The molecule has 1 amide bonds. The summed E-state index contributed by atoms with van der Waals surface area (Å²) in [6.07, 6.45) is 1.28. The van der Waals surface area contributed by atoms with Crippen LogP contribution in [-0.4, -0.2) is 78.4 Å². The summed E-state index contributed by atoms with van der Waals surface area (Å²) in [5, 5.41) is 0. The summed E-state index contributed by atoms with van der Waals surface area (Å²) in [7, 11) is -5.15. The Hall–Kier alpha value is -1.63. The van der Waals surface area contributed by atoms with E-state index in [0.717, 1.165) is 11.7 Å². The lowest BCUT2D eigenvalue weighted by molar-refractivity contribution is -0.137. The van der Waals surface area contributed by atoms with Crippen molar-refractivity contribution in [1.82, 2.24) is 18.0 Å². The van der Waals surface area contributed by atoms with Crippen LogP contribution in [0.5, 0.6) is 0 Å². The molecule has 0 unspecified atom stereocenters. The summed E-state index contributed by atoms with van der Waals surface area (Å²) in [6.45, 7) is 0.479. The molecule has 2 aliphatic heterocycles. The average molecular weight is 459 g/mol. The van der Waals surface area contributed by atoms with Gasteiger partial charge in [-0.05, 0) is 31.4 Å². The smallest absolute Gasteiger partial charge is 0.245 e.